The Balaban J connectivity index is 1.62. The predicted molar refractivity (Wildman–Crippen MR) is 116 cm³/mol. The predicted octanol–water partition coefficient (Wildman–Crippen LogP) is 3.32. The summed E-state index contributed by atoms with van der Waals surface area (Å²) < 4.78 is 27.9. The van der Waals surface area contributed by atoms with E-state index in [0.717, 1.165) is 37.2 Å². The topological polar surface area (TPSA) is 78.5 Å². The van der Waals surface area contributed by atoms with Crippen molar-refractivity contribution in [2.75, 3.05) is 30.9 Å². The molecule has 0 unspecified atom stereocenters. The minimum atomic E-state index is -3.71. The summed E-state index contributed by atoms with van der Waals surface area (Å²) in [6.45, 7) is 7.61. The van der Waals surface area contributed by atoms with Crippen molar-refractivity contribution < 1.29 is 13.2 Å². The SMILES string of the molecule is Cc1ccc(S(=O)(=O)Nc2cc(C(=O)NCCCN3CCCC3)ccc2C)cc1. The van der Waals surface area contributed by atoms with Gasteiger partial charge in [0.2, 0.25) is 0 Å². The number of benzene rings is 2. The number of hydrogen-bond donors (Lipinski definition) is 2. The highest BCUT2D eigenvalue weighted by Gasteiger charge is 2.17. The van der Waals surface area contributed by atoms with Crippen molar-refractivity contribution in [2.45, 2.75) is 38.0 Å². The molecule has 1 heterocycles. The normalized spacial score (nSPS) is 14.7. The molecule has 1 saturated heterocycles. The lowest BCUT2D eigenvalue weighted by Gasteiger charge is -2.15. The molecule has 0 aromatic heterocycles. The van der Waals surface area contributed by atoms with Crippen molar-refractivity contribution in [3.8, 4) is 0 Å². The molecule has 1 fully saturated rings. The largest absolute Gasteiger partial charge is 0.352 e. The van der Waals surface area contributed by atoms with Crippen LogP contribution in [0.2, 0.25) is 0 Å². The molecule has 2 aromatic rings. The zero-order chi connectivity index (χ0) is 20.9. The van der Waals surface area contributed by atoms with Gasteiger partial charge < -0.3 is 10.2 Å². The molecule has 7 heteroatoms. The number of nitrogens with one attached hydrogen (secondary N) is 2. The summed E-state index contributed by atoms with van der Waals surface area (Å²) in [5, 5.41) is 2.93. The monoisotopic (exact) mass is 415 g/mol. The van der Waals surface area contributed by atoms with E-state index in [4.69, 9.17) is 0 Å². The van der Waals surface area contributed by atoms with E-state index >= 15 is 0 Å². The third kappa shape index (κ3) is 5.81. The number of hydrogen-bond acceptors (Lipinski definition) is 4. The lowest BCUT2D eigenvalue weighted by atomic mass is 10.1. The first kappa shape index (κ1) is 21.3. The molecule has 29 heavy (non-hydrogen) atoms. The molecule has 0 saturated carbocycles. The van der Waals surface area contributed by atoms with Crippen LogP contribution in [0.15, 0.2) is 47.4 Å². The number of rotatable bonds is 8. The van der Waals surface area contributed by atoms with Gasteiger partial charge in [-0.25, -0.2) is 8.42 Å². The summed E-state index contributed by atoms with van der Waals surface area (Å²) in [4.78, 5) is 15.1. The summed E-state index contributed by atoms with van der Waals surface area (Å²) in [7, 11) is -3.71. The Morgan fingerprint density at radius 3 is 2.41 bits per heavy atom. The molecule has 0 spiro atoms. The van der Waals surface area contributed by atoms with Crippen molar-refractivity contribution in [1.82, 2.24) is 10.2 Å². The number of sulfonamides is 1. The van der Waals surface area contributed by atoms with Crippen LogP contribution in [0.3, 0.4) is 0 Å². The fourth-order valence-corrected chi connectivity index (χ4v) is 4.53. The van der Waals surface area contributed by atoms with Crippen molar-refractivity contribution in [2.24, 2.45) is 0 Å². The quantitative estimate of drug-likeness (QED) is 0.649. The molecule has 0 aliphatic carbocycles. The van der Waals surface area contributed by atoms with E-state index in [0.29, 0.717) is 17.8 Å². The van der Waals surface area contributed by atoms with Gasteiger partial charge in [0.1, 0.15) is 0 Å². The maximum absolute atomic E-state index is 12.7. The fraction of sp³-hybridized carbons (Fsp3) is 0.409. The smallest absolute Gasteiger partial charge is 0.261 e. The summed E-state index contributed by atoms with van der Waals surface area (Å²) in [5.74, 6) is -0.192. The molecule has 1 aliphatic rings. The van der Waals surface area contributed by atoms with Crippen LogP contribution >= 0.6 is 0 Å². The summed E-state index contributed by atoms with van der Waals surface area (Å²) in [5.41, 5.74) is 2.60. The molecule has 1 aliphatic heterocycles. The van der Waals surface area contributed by atoms with Gasteiger partial charge in [0.25, 0.3) is 15.9 Å². The number of aryl methyl sites for hydroxylation is 2. The van der Waals surface area contributed by atoms with Crippen LogP contribution in [0, 0.1) is 13.8 Å². The molecular formula is C22H29N3O3S. The number of anilines is 1. The Kier molecular flexibility index (Phi) is 6.92. The van der Waals surface area contributed by atoms with Crippen molar-refractivity contribution >= 4 is 21.6 Å². The third-order valence-electron chi connectivity index (χ3n) is 5.21. The van der Waals surface area contributed by atoms with Crippen LogP contribution in [-0.2, 0) is 10.0 Å². The molecule has 156 valence electrons. The van der Waals surface area contributed by atoms with E-state index in [1.54, 1.807) is 42.5 Å². The second kappa shape index (κ2) is 9.41. The van der Waals surface area contributed by atoms with Crippen LogP contribution < -0.4 is 10.0 Å². The van der Waals surface area contributed by atoms with Gasteiger partial charge in [-0.3, -0.25) is 9.52 Å². The molecule has 6 nitrogen and oxygen atoms in total. The Morgan fingerprint density at radius 1 is 1.03 bits per heavy atom. The number of amides is 1. The van der Waals surface area contributed by atoms with Crippen molar-refractivity contribution in [3.63, 3.8) is 0 Å². The lowest BCUT2D eigenvalue weighted by Crippen LogP contribution is -2.28. The maximum atomic E-state index is 12.7. The second-order valence-electron chi connectivity index (χ2n) is 7.61. The number of carbonyl (C=O) groups is 1. The fourth-order valence-electron chi connectivity index (χ4n) is 3.41. The zero-order valence-corrected chi connectivity index (χ0v) is 17.9. The Bertz CT molecular complexity index is 950. The molecule has 2 aromatic carbocycles. The highest BCUT2D eigenvalue weighted by molar-refractivity contribution is 7.92. The van der Waals surface area contributed by atoms with E-state index in [9.17, 15) is 13.2 Å². The van der Waals surface area contributed by atoms with E-state index in [-0.39, 0.29) is 10.8 Å². The lowest BCUT2D eigenvalue weighted by molar-refractivity contribution is 0.0952. The number of nitrogens with zero attached hydrogens (tertiary/aromatic N) is 1. The first-order valence-electron chi connectivity index (χ1n) is 10.1. The molecule has 3 rings (SSSR count). The van der Waals surface area contributed by atoms with E-state index in [2.05, 4.69) is 14.9 Å². The molecule has 1 amide bonds. The van der Waals surface area contributed by atoms with Crippen molar-refractivity contribution in [3.05, 3.63) is 59.2 Å². The molecule has 0 atom stereocenters. The van der Waals surface area contributed by atoms with Gasteiger partial charge in [-0.05, 0) is 82.6 Å². The van der Waals surface area contributed by atoms with Crippen LogP contribution in [0.4, 0.5) is 5.69 Å². The summed E-state index contributed by atoms with van der Waals surface area (Å²) in [6.07, 6.45) is 3.43. The molecular weight excluding hydrogens is 386 g/mol. The van der Waals surface area contributed by atoms with Gasteiger partial charge in [0, 0.05) is 12.1 Å². The van der Waals surface area contributed by atoms with Gasteiger partial charge in [0.05, 0.1) is 10.6 Å². The summed E-state index contributed by atoms with van der Waals surface area (Å²) >= 11 is 0. The Hall–Kier alpha value is -2.38. The molecule has 2 N–H and O–H groups in total. The van der Waals surface area contributed by atoms with Gasteiger partial charge >= 0.3 is 0 Å². The number of carbonyl (C=O) groups excluding carboxylic acids is 1. The first-order valence-corrected chi connectivity index (χ1v) is 11.5. The molecule has 0 bridgehead atoms. The standard InChI is InChI=1S/C22H29N3O3S/c1-17-6-10-20(11-7-17)29(27,28)24-21-16-19(9-8-18(21)2)22(26)23-12-5-15-25-13-3-4-14-25/h6-11,16,24H,3-5,12-15H2,1-2H3,(H,23,26). The Morgan fingerprint density at radius 2 is 1.72 bits per heavy atom. The zero-order valence-electron chi connectivity index (χ0n) is 17.1. The van der Waals surface area contributed by atoms with Gasteiger partial charge in [-0.1, -0.05) is 23.8 Å². The highest BCUT2D eigenvalue weighted by atomic mass is 32.2. The average molecular weight is 416 g/mol. The van der Waals surface area contributed by atoms with Crippen LogP contribution in [-0.4, -0.2) is 45.4 Å². The first-order chi connectivity index (χ1) is 13.8. The van der Waals surface area contributed by atoms with Crippen LogP contribution in [0.5, 0.6) is 0 Å². The third-order valence-corrected chi connectivity index (χ3v) is 6.59. The van der Waals surface area contributed by atoms with Crippen LogP contribution in [0.1, 0.15) is 40.7 Å². The second-order valence-corrected chi connectivity index (χ2v) is 9.29. The molecule has 0 radical (unpaired) electrons. The average Bonchev–Trinajstić information content (AvgIpc) is 3.20. The van der Waals surface area contributed by atoms with Crippen LogP contribution in [0.25, 0.3) is 0 Å². The van der Waals surface area contributed by atoms with Gasteiger partial charge in [-0.15, -0.1) is 0 Å². The van der Waals surface area contributed by atoms with E-state index in [1.807, 2.05) is 13.8 Å². The number of likely N-dealkylation sites (tertiary alicyclic amines) is 1. The van der Waals surface area contributed by atoms with Gasteiger partial charge in [-0.2, -0.15) is 0 Å². The minimum absolute atomic E-state index is 0.192. The maximum Gasteiger partial charge on any atom is 0.261 e. The minimum Gasteiger partial charge on any atom is -0.352 e. The van der Waals surface area contributed by atoms with Crippen molar-refractivity contribution in [1.29, 1.82) is 0 Å². The van der Waals surface area contributed by atoms with E-state index in [1.165, 1.54) is 12.8 Å². The highest BCUT2D eigenvalue weighted by Crippen LogP contribution is 2.21. The Labute approximate surface area is 173 Å². The van der Waals surface area contributed by atoms with Gasteiger partial charge in [0.15, 0.2) is 0 Å². The summed E-state index contributed by atoms with van der Waals surface area (Å²) in [6, 6.07) is 11.7. The van der Waals surface area contributed by atoms with E-state index < -0.39 is 10.0 Å².